The average molecular weight is 262 g/mol. The maximum absolute atomic E-state index is 12.7. The molecule has 4 nitrogen and oxygen atoms in total. The second kappa shape index (κ2) is 5.26. The molecule has 1 atom stereocenters. The molecule has 1 aromatic heterocycles. The van der Waals surface area contributed by atoms with Crippen LogP contribution in [0.4, 0.5) is 13.2 Å². The molecule has 0 bridgehead atoms. The van der Waals surface area contributed by atoms with Crippen molar-refractivity contribution < 1.29 is 13.2 Å². The Labute approximate surface area is 103 Å². The van der Waals surface area contributed by atoms with E-state index in [9.17, 15) is 13.2 Å². The number of rotatable bonds is 4. The summed E-state index contributed by atoms with van der Waals surface area (Å²) in [5.41, 5.74) is 5.39. The van der Waals surface area contributed by atoms with Gasteiger partial charge in [0.2, 0.25) is 0 Å². The first-order valence-electron chi connectivity index (χ1n) is 6.20. The van der Waals surface area contributed by atoms with Crippen LogP contribution in [-0.4, -0.2) is 27.5 Å². The predicted molar refractivity (Wildman–Crippen MR) is 59.9 cm³/mol. The molecule has 7 heteroatoms. The van der Waals surface area contributed by atoms with E-state index in [2.05, 4.69) is 10.2 Å². The van der Waals surface area contributed by atoms with Gasteiger partial charge in [-0.1, -0.05) is 0 Å². The van der Waals surface area contributed by atoms with Gasteiger partial charge >= 0.3 is 6.18 Å². The fourth-order valence-electron chi connectivity index (χ4n) is 2.26. The van der Waals surface area contributed by atoms with E-state index in [4.69, 9.17) is 5.73 Å². The molecule has 0 fully saturated rings. The molecule has 2 heterocycles. The van der Waals surface area contributed by atoms with Crippen LogP contribution in [0.2, 0.25) is 0 Å². The first-order chi connectivity index (χ1) is 8.52. The zero-order chi connectivity index (χ0) is 13.2. The van der Waals surface area contributed by atoms with Crippen LogP contribution in [0.3, 0.4) is 0 Å². The van der Waals surface area contributed by atoms with Crippen molar-refractivity contribution in [2.24, 2.45) is 11.7 Å². The Balaban J connectivity index is 2.07. The van der Waals surface area contributed by atoms with E-state index in [1.807, 2.05) is 0 Å². The van der Waals surface area contributed by atoms with E-state index in [1.54, 1.807) is 4.57 Å². The molecule has 1 aliphatic rings. The molecule has 2 N–H and O–H groups in total. The van der Waals surface area contributed by atoms with Gasteiger partial charge in [-0.3, -0.25) is 0 Å². The van der Waals surface area contributed by atoms with Crippen LogP contribution < -0.4 is 5.73 Å². The van der Waals surface area contributed by atoms with Gasteiger partial charge in [0.1, 0.15) is 11.6 Å². The third-order valence-electron chi connectivity index (χ3n) is 3.34. The van der Waals surface area contributed by atoms with Crippen LogP contribution in [0.25, 0.3) is 0 Å². The minimum Gasteiger partial charge on any atom is -0.330 e. The molecule has 1 aliphatic heterocycles. The quantitative estimate of drug-likeness (QED) is 0.840. The molecular formula is C11H17F3N4. The summed E-state index contributed by atoms with van der Waals surface area (Å²) in [6.45, 7) is 0.552. The number of nitrogens with two attached hydrogens (primary N) is 1. The van der Waals surface area contributed by atoms with Crippen molar-refractivity contribution in [3.63, 3.8) is 0 Å². The second-order valence-electron chi connectivity index (χ2n) is 4.67. The van der Waals surface area contributed by atoms with Crippen LogP contribution in [0.5, 0.6) is 0 Å². The van der Waals surface area contributed by atoms with Gasteiger partial charge in [0.05, 0.1) is 5.92 Å². The number of hydrogen-bond donors (Lipinski definition) is 1. The maximum Gasteiger partial charge on any atom is 0.393 e. The number of nitrogens with zero attached hydrogens (tertiary/aromatic N) is 3. The van der Waals surface area contributed by atoms with E-state index in [0.29, 0.717) is 31.0 Å². The van der Waals surface area contributed by atoms with E-state index in [0.717, 1.165) is 12.8 Å². The summed E-state index contributed by atoms with van der Waals surface area (Å²) >= 11 is 0. The lowest BCUT2D eigenvalue weighted by molar-refractivity contribution is -0.182. The molecule has 0 radical (unpaired) electrons. The van der Waals surface area contributed by atoms with Gasteiger partial charge in [-0.2, -0.15) is 13.2 Å². The fraction of sp³-hybridized carbons (Fsp3) is 0.818. The molecule has 1 unspecified atom stereocenters. The summed E-state index contributed by atoms with van der Waals surface area (Å²) in [5, 5.41) is 7.96. The number of halogens is 3. The molecule has 18 heavy (non-hydrogen) atoms. The minimum atomic E-state index is -4.13. The summed E-state index contributed by atoms with van der Waals surface area (Å²) in [4.78, 5) is 0. The lowest BCUT2D eigenvalue weighted by atomic mass is 9.98. The van der Waals surface area contributed by atoms with Gasteiger partial charge < -0.3 is 10.3 Å². The van der Waals surface area contributed by atoms with Crippen molar-refractivity contribution >= 4 is 0 Å². The smallest absolute Gasteiger partial charge is 0.330 e. The van der Waals surface area contributed by atoms with Crippen molar-refractivity contribution in [3.05, 3.63) is 11.6 Å². The third kappa shape index (κ3) is 2.82. The SMILES string of the molecule is NCCCCc1nnc2n1CC(C(F)(F)F)CC2. The summed E-state index contributed by atoms with van der Waals surface area (Å²) in [6, 6.07) is 0. The highest BCUT2D eigenvalue weighted by Gasteiger charge is 2.42. The van der Waals surface area contributed by atoms with Crippen molar-refractivity contribution in [2.75, 3.05) is 6.54 Å². The van der Waals surface area contributed by atoms with E-state index < -0.39 is 12.1 Å². The van der Waals surface area contributed by atoms with Gasteiger partial charge in [-0.25, -0.2) is 0 Å². The Morgan fingerprint density at radius 2 is 2.06 bits per heavy atom. The number of aromatic nitrogens is 3. The third-order valence-corrected chi connectivity index (χ3v) is 3.34. The molecule has 1 aromatic rings. The van der Waals surface area contributed by atoms with Gasteiger partial charge in [0.15, 0.2) is 0 Å². The second-order valence-corrected chi connectivity index (χ2v) is 4.67. The molecule has 0 saturated heterocycles. The van der Waals surface area contributed by atoms with Crippen molar-refractivity contribution in [1.82, 2.24) is 14.8 Å². The number of alkyl halides is 3. The Kier molecular flexibility index (Phi) is 3.89. The predicted octanol–water partition coefficient (Wildman–Crippen LogP) is 1.68. The zero-order valence-electron chi connectivity index (χ0n) is 10.1. The molecule has 2 rings (SSSR count). The molecule has 0 spiro atoms. The van der Waals surface area contributed by atoms with Crippen molar-refractivity contribution in [1.29, 1.82) is 0 Å². The maximum atomic E-state index is 12.7. The van der Waals surface area contributed by atoms with Crippen LogP contribution in [0.15, 0.2) is 0 Å². The first kappa shape index (κ1) is 13.3. The van der Waals surface area contributed by atoms with Crippen molar-refractivity contribution in [3.8, 4) is 0 Å². The highest BCUT2D eigenvalue weighted by Crippen LogP contribution is 2.34. The van der Waals surface area contributed by atoms with Gasteiger partial charge in [0, 0.05) is 19.4 Å². The Bertz CT molecular complexity index is 399. The van der Waals surface area contributed by atoms with Crippen LogP contribution in [0.1, 0.15) is 30.9 Å². The molecule has 102 valence electrons. The molecule has 0 amide bonds. The van der Waals surface area contributed by atoms with Crippen molar-refractivity contribution in [2.45, 2.75) is 44.8 Å². The lowest BCUT2D eigenvalue weighted by Crippen LogP contribution is -2.32. The van der Waals surface area contributed by atoms with Crippen LogP contribution >= 0.6 is 0 Å². The number of aryl methyl sites for hydroxylation is 2. The number of fused-ring (bicyclic) bond motifs is 1. The number of hydrogen-bond acceptors (Lipinski definition) is 3. The summed E-state index contributed by atoms with van der Waals surface area (Å²) in [5.74, 6) is 0.0694. The minimum absolute atomic E-state index is 0.0379. The number of unbranched alkanes of at least 4 members (excludes halogenated alkanes) is 1. The Morgan fingerprint density at radius 3 is 2.72 bits per heavy atom. The Hall–Kier alpha value is -1.11. The van der Waals surface area contributed by atoms with Gasteiger partial charge in [0.25, 0.3) is 0 Å². The molecule has 0 saturated carbocycles. The average Bonchev–Trinajstić information content (AvgIpc) is 2.71. The van der Waals surface area contributed by atoms with Crippen LogP contribution in [-0.2, 0) is 19.4 Å². The first-order valence-corrected chi connectivity index (χ1v) is 6.20. The molecule has 0 aromatic carbocycles. The summed E-state index contributed by atoms with van der Waals surface area (Å²) < 4.78 is 39.8. The largest absolute Gasteiger partial charge is 0.393 e. The zero-order valence-corrected chi connectivity index (χ0v) is 10.1. The van der Waals surface area contributed by atoms with Gasteiger partial charge in [-0.05, 0) is 25.8 Å². The Morgan fingerprint density at radius 1 is 1.28 bits per heavy atom. The van der Waals surface area contributed by atoms with E-state index in [-0.39, 0.29) is 13.0 Å². The standard InChI is InChI=1S/C11H17F3N4/c12-11(13,14)8-4-5-10-17-16-9(18(10)7-8)3-1-2-6-15/h8H,1-7,15H2. The molecular weight excluding hydrogens is 245 g/mol. The highest BCUT2D eigenvalue weighted by molar-refractivity contribution is 5.01. The van der Waals surface area contributed by atoms with E-state index >= 15 is 0 Å². The molecule has 0 aliphatic carbocycles. The normalized spacial score (nSPS) is 19.9. The highest BCUT2D eigenvalue weighted by atomic mass is 19.4. The van der Waals surface area contributed by atoms with Crippen LogP contribution in [0, 0.1) is 5.92 Å². The summed E-state index contributed by atoms with van der Waals surface area (Å²) in [7, 11) is 0. The van der Waals surface area contributed by atoms with E-state index in [1.165, 1.54) is 0 Å². The lowest BCUT2D eigenvalue weighted by Gasteiger charge is -2.26. The monoisotopic (exact) mass is 262 g/mol. The summed E-state index contributed by atoms with van der Waals surface area (Å²) in [6.07, 6.45) is -1.32. The van der Waals surface area contributed by atoms with Gasteiger partial charge in [-0.15, -0.1) is 10.2 Å². The topological polar surface area (TPSA) is 56.7 Å². The fourth-order valence-corrected chi connectivity index (χ4v) is 2.26.